The molecule has 0 saturated carbocycles. The molecular formula is C22H26Br2N6O8. The van der Waals surface area contributed by atoms with Crippen molar-refractivity contribution in [3.8, 4) is 0 Å². The molecule has 4 aromatic rings. The van der Waals surface area contributed by atoms with E-state index >= 15 is 0 Å². The molecule has 2 aromatic carbocycles. The number of benzene rings is 2. The van der Waals surface area contributed by atoms with Crippen LogP contribution in [0, 0.1) is 0 Å². The molecule has 38 heavy (non-hydrogen) atoms. The number of carbonyl (C=O) groups is 4. The summed E-state index contributed by atoms with van der Waals surface area (Å²) < 4.78 is 18.4. The highest BCUT2D eigenvalue weighted by molar-refractivity contribution is 9.10. The summed E-state index contributed by atoms with van der Waals surface area (Å²) in [7, 11) is 1.29. The quantitative estimate of drug-likeness (QED) is 0.159. The Morgan fingerprint density at radius 3 is 1.71 bits per heavy atom. The van der Waals surface area contributed by atoms with Gasteiger partial charge in [-0.2, -0.15) is 10.2 Å². The lowest BCUT2D eigenvalue weighted by Gasteiger charge is -2.00. The monoisotopic (exact) mass is 660 g/mol. The van der Waals surface area contributed by atoms with E-state index in [1.807, 2.05) is 0 Å². The molecule has 0 radical (unpaired) electrons. The molecule has 4 rings (SSSR count). The van der Waals surface area contributed by atoms with Gasteiger partial charge in [0.25, 0.3) is 18.9 Å². The smallest absolute Gasteiger partial charge is 0.359 e. The molecule has 0 aliphatic carbocycles. The van der Waals surface area contributed by atoms with Gasteiger partial charge in [-0.05, 0) is 36.4 Å². The third kappa shape index (κ3) is 7.58. The number of fused-ring (bicyclic) bond motifs is 2. The van der Waals surface area contributed by atoms with Crippen LogP contribution in [0.3, 0.4) is 0 Å². The number of carbonyl (C=O) groups excluding carboxylic acids is 4. The second kappa shape index (κ2) is 15.4. The lowest BCUT2D eigenvalue weighted by atomic mass is 10.2. The SMILES string of the molecule is C.COC(=O)c1nn(COC=O)c2cc(Br)ccc12.N.NC(=O)c1nn(COC=O)c2cc(Br)ccc12.O. The Hall–Kier alpha value is -3.86. The molecule has 0 saturated heterocycles. The van der Waals surface area contributed by atoms with Crippen molar-refractivity contribution < 1.29 is 38.9 Å². The number of amides is 1. The van der Waals surface area contributed by atoms with Gasteiger partial charge in [0.1, 0.15) is 0 Å². The van der Waals surface area contributed by atoms with Gasteiger partial charge in [-0.15, -0.1) is 0 Å². The summed E-state index contributed by atoms with van der Waals surface area (Å²) in [5.41, 5.74) is 6.90. The van der Waals surface area contributed by atoms with E-state index in [-0.39, 0.29) is 43.9 Å². The fourth-order valence-corrected chi connectivity index (χ4v) is 3.82. The van der Waals surface area contributed by atoms with Crippen molar-refractivity contribution in [2.24, 2.45) is 5.73 Å². The van der Waals surface area contributed by atoms with Gasteiger partial charge in [-0.3, -0.25) is 14.4 Å². The Morgan fingerprint density at radius 2 is 1.32 bits per heavy atom. The van der Waals surface area contributed by atoms with Crippen LogP contribution in [0.5, 0.6) is 0 Å². The molecule has 7 N–H and O–H groups in total. The first-order chi connectivity index (χ1) is 16.8. The average molecular weight is 662 g/mol. The number of rotatable bonds is 8. The van der Waals surface area contributed by atoms with Gasteiger partial charge < -0.3 is 31.6 Å². The fraction of sp³-hybridized carbons (Fsp3) is 0.182. The third-order valence-electron chi connectivity index (χ3n) is 4.57. The van der Waals surface area contributed by atoms with Gasteiger partial charge in [0.15, 0.2) is 24.8 Å². The highest BCUT2D eigenvalue weighted by atomic mass is 79.9. The van der Waals surface area contributed by atoms with Crippen molar-refractivity contribution in [3.05, 3.63) is 56.7 Å². The molecule has 14 nitrogen and oxygen atoms in total. The van der Waals surface area contributed by atoms with Crippen LogP contribution in [0.25, 0.3) is 21.8 Å². The van der Waals surface area contributed by atoms with Crippen molar-refractivity contribution in [3.63, 3.8) is 0 Å². The van der Waals surface area contributed by atoms with Gasteiger partial charge in [0.05, 0.1) is 18.1 Å². The molecule has 0 fully saturated rings. The Labute approximate surface area is 233 Å². The minimum Gasteiger partial charge on any atom is -0.464 e. The highest BCUT2D eigenvalue weighted by Gasteiger charge is 2.18. The lowest BCUT2D eigenvalue weighted by molar-refractivity contribution is -0.133. The largest absolute Gasteiger partial charge is 0.464 e. The number of ether oxygens (including phenoxy) is 3. The molecule has 206 valence electrons. The van der Waals surface area contributed by atoms with Crippen LogP contribution in [0.15, 0.2) is 45.3 Å². The number of methoxy groups -OCH3 is 1. The van der Waals surface area contributed by atoms with Crippen molar-refractivity contribution in [2.75, 3.05) is 7.11 Å². The number of aromatic nitrogens is 4. The molecule has 0 aliphatic rings. The first kappa shape index (κ1) is 34.1. The van der Waals surface area contributed by atoms with Crippen LogP contribution in [0.4, 0.5) is 0 Å². The van der Waals surface area contributed by atoms with Crippen LogP contribution in [-0.4, -0.2) is 57.0 Å². The molecule has 0 aliphatic heterocycles. The summed E-state index contributed by atoms with van der Waals surface area (Å²) in [6.45, 7) is 0.510. The first-order valence-electron chi connectivity index (χ1n) is 9.61. The molecule has 16 heteroatoms. The van der Waals surface area contributed by atoms with E-state index in [1.54, 1.807) is 36.4 Å². The van der Waals surface area contributed by atoms with Gasteiger partial charge in [-0.25, -0.2) is 14.2 Å². The summed E-state index contributed by atoms with van der Waals surface area (Å²) in [6.07, 6.45) is 0. The standard InChI is InChI=1S/C11H9BrN2O4.C10H8BrN3O3.CH4.H3N.H2O/c1-17-11(16)10-8-3-2-7(12)4-9(8)14(13-10)5-18-6-15;11-6-1-2-7-8(3-6)14(4-17-5-15)13-9(7)10(12)16;;;/h2-4,6H,5H2,1H3;1-3,5H,4H2,(H2,12,16);1H4;1H3;1H2. The van der Waals surface area contributed by atoms with Crippen LogP contribution in [0.1, 0.15) is 28.4 Å². The van der Waals surface area contributed by atoms with E-state index in [0.717, 1.165) is 8.95 Å². The van der Waals surface area contributed by atoms with Crippen molar-refractivity contribution >= 4 is 78.5 Å². The van der Waals surface area contributed by atoms with E-state index < -0.39 is 11.9 Å². The van der Waals surface area contributed by atoms with Crippen LogP contribution < -0.4 is 11.9 Å². The maximum atomic E-state index is 11.6. The molecule has 2 aromatic heterocycles. The van der Waals surface area contributed by atoms with E-state index in [0.29, 0.717) is 34.8 Å². The number of nitrogens with zero attached hydrogens (tertiary/aromatic N) is 4. The molecule has 2 heterocycles. The summed E-state index contributed by atoms with van der Waals surface area (Å²) in [4.78, 5) is 43.2. The van der Waals surface area contributed by atoms with E-state index in [1.165, 1.54) is 16.5 Å². The molecule has 1 amide bonds. The highest BCUT2D eigenvalue weighted by Crippen LogP contribution is 2.24. The molecule has 0 atom stereocenters. The summed E-state index contributed by atoms with van der Waals surface area (Å²) in [6, 6.07) is 10.6. The summed E-state index contributed by atoms with van der Waals surface area (Å²) in [5, 5.41) is 9.34. The van der Waals surface area contributed by atoms with Crippen molar-refractivity contribution in [2.45, 2.75) is 20.9 Å². The molecule has 0 spiro atoms. The predicted molar refractivity (Wildman–Crippen MR) is 144 cm³/mol. The van der Waals surface area contributed by atoms with Gasteiger partial charge >= 0.3 is 5.97 Å². The number of halogens is 2. The Kier molecular flexibility index (Phi) is 13.8. The van der Waals surface area contributed by atoms with E-state index in [9.17, 15) is 19.2 Å². The number of nitrogens with two attached hydrogens (primary N) is 1. The van der Waals surface area contributed by atoms with Crippen molar-refractivity contribution in [1.29, 1.82) is 0 Å². The second-order valence-corrected chi connectivity index (χ2v) is 8.49. The van der Waals surface area contributed by atoms with Gasteiger partial charge in [0.2, 0.25) is 0 Å². The lowest BCUT2D eigenvalue weighted by Crippen LogP contribution is -2.13. The zero-order valence-electron chi connectivity index (χ0n) is 19.2. The molecule has 0 bridgehead atoms. The fourth-order valence-electron chi connectivity index (χ4n) is 3.12. The maximum absolute atomic E-state index is 11.6. The summed E-state index contributed by atoms with van der Waals surface area (Å²) >= 11 is 6.64. The number of hydrogen-bond acceptors (Lipinski definition) is 10. The predicted octanol–water partition coefficient (Wildman–Crippen LogP) is 2.72. The Morgan fingerprint density at radius 1 is 0.895 bits per heavy atom. The number of esters is 1. The first-order valence-corrected chi connectivity index (χ1v) is 11.2. The average Bonchev–Trinajstić information content (AvgIpc) is 3.39. The zero-order chi connectivity index (χ0) is 25.5. The normalized spacial score (nSPS) is 9.55. The van der Waals surface area contributed by atoms with Crippen molar-refractivity contribution in [1.82, 2.24) is 25.7 Å². The van der Waals surface area contributed by atoms with Crippen LogP contribution >= 0.6 is 31.9 Å². The topological polar surface area (TPSA) is 224 Å². The van der Waals surface area contributed by atoms with E-state index in [2.05, 4.69) is 56.3 Å². The Bertz CT molecular complexity index is 1420. The van der Waals surface area contributed by atoms with Gasteiger partial charge in [0, 0.05) is 19.7 Å². The minimum absolute atomic E-state index is 0. The van der Waals surface area contributed by atoms with Crippen LogP contribution in [-0.2, 0) is 37.3 Å². The number of primary amides is 1. The van der Waals surface area contributed by atoms with E-state index in [4.69, 9.17) is 5.73 Å². The molecular weight excluding hydrogens is 636 g/mol. The number of hydrogen-bond donors (Lipinski definition) is 2. The molecule has 0 unspecified atom stereocenters. The third-order valence-corrected chi connectivity index (χ3v) is 5.56. The minimum atomic E-state index is -0.623. The maximum Gasteiger partial charge on any atom is 0.359 e. The van der Waals surface area contributed by atoms with Crippen LogP contribution in [0.2, 0.25) is 0 Å². The Balaban J connectivity index is 0.000000669. The summed E-state index contributed by atoms with van der Waals surface area (Å²) in [5.74, 6) is -1.16. The zero-order valence-corrected chi connectivity index (χ0v) is 22.4. The second-order valence-electron chi connectivity index (χ2n) is 6.66. The van der Waals surface area contributed by atoms with Gasteiger partial charge in [-0.1, -0.05) is 39.3 Å².